The molecule has 0 atom stereocenters. The number of rotatable bonds is 3. The van der Waals surface area contributed by atoms with E-state index in [0.717, 1.165) is 8.95 Å². The summed E-state index contributed by atoms with van der Waals surface area (Å²) in [6.45, 7) is 2.12. The van der Waals surface area contributed by atoms with Gasteiger partial charge in [0.2, 0.25) is 0 Å². The molecule has 0 fully saturated rings. The van der Waals surface area contributed by atoms with Crippen LogP contribution in [-0.2, 0) is 0 Å². The molecule has 0 saturated heterocycles. The van der Waals surface area contributed by atoms with Crippen LogP contribution < -0.4 is 0 Å². The monoisotopic (exact) mass is 476 g/mol. The topological polar surface area (TPSA) is 0 Å². The second-order valence-electron chi connectivity index (χ2n) is 6.65. The molecule has 0 radical (unpaired) electrons. The summed E-state index contributed by atoms with van der Waals surface area (Å²) in [6, 6.07) is 32.4. The van der Waals surface area contributed by atoms with Crippen LogP contribution in [0, 0.1) is 6.92 Å². The van der Waals surface area contributed by atoms with Crippen molar-refractivity contribution in [3.63, 3.8) is 0 Å². The minimum Gasteiger partial charge on any atom is -0.0622 e. The molecule has 0 heterocycles. The molecule has 4 aromatic rings. The molecule has 0 aromatic heterocycles. The van der Waals surface area contributed by atoms with Gasteiger partial charge in [-0.3, -0.25) is 0 Å². The van der Waals surface area contributed by atoms with Gasteiger partial charge in [-0.1, -0.05) is 104 Å². The van der Waals surface area contributed by atoms with Crippen LogP contribution in [0.2, 0.25) is 0 Å². The molecule has 2 heteroatoms. The fourth-order valence-electron chi connectivity index (χ4n) is 3.29. The molecule has 0 amide bonds. The van der Waals surface area contributed by atoms with Crippen molar-refractivity contribution < 1.29 is 0 Å². The first-order chi connectivity index (χ1) is 13.1. The zero-order valence-corrected chi connectivity index (χ0v) is 18.1. The number of hydrogen-bond acceptors (Lipinski definition) is 0. The summed E-state index contributed by atoms with van der Waals surface area (Å²) in [5.74, 6) is 0. The quantitative estimate of drug-likeness (QED) is 0.277. The van der Waals surface area contributed by atoms with E-state index in [1.54, 1.807) is 0 Å². The van der Waals surface area contributed by atoms with Crippen molar-refractivity contribution in [3.8, 4) is 33.4 Å². The molecule has 4 rings (SSSR count). The fourth-order valence-corrected chi connectivity index (χ4v) is 4.58. The molecule has 0 unspecified atom stereocenters. The second-order valence-corrected chi connectivity index (χ2v) is 8.48. The smallest absolute Gasteiger partial charge is 0.0192 e. The van der Waals surface area contributed by atoms with E-state index in [9.17, 15) is 0 Å². The Morgan fingerprint density at radius 2 is 1.11 bits per heavy atom. The maximum Gasteiger partial charge on any atom is 0.0192 e. The van der Waals surface area contributed by atoms with E-state index < -0.39 is 0 Å². The van der Waals surface area contributed by atoms with Crippen LogP contribution in [0.5, 0.6) is 0 Å². The van der Waals surface area contributed by atoms with Gasteiger partial charge in [-0.05, 0) is 64.6 Å². The van der Waals surface area contributed by atoms with Gasteiger partial charge in [-0.2, -0.15) is 0 Å². The first-order valence-electron chi connectivity index (χ1n) is 8.83. The second kappa shape index (κ2) is 7.84. The van der Waals surface area contributed by atoms with E-state index >= 15 is 0 Å². The third kappa shape index (κ3) is 4.07. The van der Waals surface area contributed by atoms with Gasteiger partial charge in [0.15, 0.2) is 0 Å². The molecule has 0 spiro atoms. The van der Waals surface area contributed by atoms with E-state index in [1.807, 2.05) is 0 Å². The lowest BCUT2D eigenvalue weighted by atomic mass is 9.91. The van der Waals surface area contributed by atoms with Crippen LogP contribution in [0.15, 0.2) is 99.9 Å². The van der Waals surface area contributed by atoms with Crippen LogP contribution in [0.25, 0.3) is 33.4 Å². The molecular weight excluding hydrogens is 460 g/mol. The normalized spacial score (nSPS) is 10.8. The molecule has 27 heavy (non-hydrogen) atoms. The van der Waals surface area contributed by atoms with Gasteiger partial charge < -0.3 is 0 Å². The summed E-state index contributed by atoms with van der Waals surface area (Å²) >= 11 is 7.24. The summed E-state index contributed by atoms with van der Waals surface area (Å²) in [6.07, 6.45) is 0. The Morgan fingerprint density at radius 3 is 1.78 bits per heavy atom. The van der Waals surface area contributed by atoms with Crippen molar-refractivity contribution in [2.24, 2.45) is 0 Å². The van der Waals surface area contributed by atoms with E-state index in [2.05, 4.69) is 130 Å². The molecule has 0 nitrogen and oxygen atoms in total. The van der Waals surface area contributed by atoms with Gasteiger partial charge in [0, 0.05) is 8.95 Å². The summed E-state index contributed by atoms with van der Waals surface area (Å²) in [5.41, 5.74) is 8.60. The lowest BCUT2D eigenvalue weighted by Gasteiger charge is -2.14. The SMILES string of the molecule is Cc1ccc(-c2ccc(-c3cc(Br)cc(Br)c3)c(-c3ccccc3)c2)cc1. The molecule has 132 valence electrons. The van der Waals surface area contributed by atoms with E-state index in [1.165, 1.54) is 38.9 Å². The molecule has 4 aromatic carbocycles. The van der Waals surface area contributed by atoms with Gasteiger partial charge in [-0.15, -0.1) is 0 Å². The van der Waals surface area contributed by atoms with Crippen molar-refractivity contribution in [3.05, 3.63) is 106 Å². The maximum absolute atomic E-state index is 3.62. The average molecular weight is 478 g/mol. The van der Waals surface area contributed by atoms with E-state index in [0.29, 0.717) is 0 Å². The molecular formula is C25H18Br2. The zero-order valence-electron chi connectivity index (χ0n) is 14.9. The number of halogens is 2. The number of hydrogen-bond donors (Lipinski definition) is 0. The Hall–Kier alpha value is -2.16. The molecule has 0 aliphatic heterocycles. The van der Waals surface area contributed by atoms with Crippen molar-refractivity contribution in [2.45, 2.75) is 6.92 Å². The molecule has 0 aliphatic rings. The highest BCUT2D eigenvalue weighted by Crippen LogP contribution is 2.37. The average Bonchev–Trinajstić information content (AvgIpc) is 2.68. The first kappa shape index (κ1) is 18.2. The highest BCUT2D eigenvalue weighted by molar-refractivity contribution is 9.11. The Bertz CT molecular complexity index is 1060. The molecule has 0 saturated carbocycles. The summed E-state index contributed by atoms with van der Waals surface area (Å²) < 4.78 is 2.13. The summed E-state index contributed by atoms with van der Waals surface area (Å²) in [7, 11) is 0. The lowest BCUT2D eigenvalue weighted by Crippen LogP contribution is -1.88. The van der Waals surface area contributed by atoms with Crippen molar-refractivity contribution in [2.75, 3.05) is 0 Å². The van der Waals surface area contributed by atoms with Crippen LogP contribution in [0.4, 0.5) is 0 Å². The summed E-state index contributed by atoms with van der Waals surface area (Å²) in [4.78, 5) is 0. The minimum absolute atomic E-state index is 1.06. The van der Waals surface area contributed by atoms with Crippen molar-refractivity contribution in [1.29, 1.82) is 0 Å². The Morgan fingerprint density at radius 1 is 0.481 bits per heavy atom. The third-order valence-corrected chi connectivity index (χ3v) is 5.58. The Kier molecular flexibility index (Phi) is 5.29. The third-order valence-electron chi connectivity index (χ3n) is 4.66. The van der Waals surface area contributed by atoms with Crippen molar-refractivity contribution >= 4 is 31.9 Å². The van der Waals surface area contributed by atoms with Gasteiger partial charge in [0.05, 0.1) is 0 Å². The number of aryl methyl sites for hydroxylation is 1. The highest BCUT2D eigenvalue weighted by atomic mass is 79.9. The zero-order chi connectivity index (χ0) is 18.8. The van der Waals surface area contributed by atoms with Crippen LogP contribution in [0.3, 0.4) is 0 Å². The van der Waals surface area contributed by atoms with Gasteiger partial charge >= 0.3 is 0 Å². The van der Waals surface area contributed by atoms with Crippen molar-refractivity contribution in [1.82, 2.24) is 0 Å². The fraction of sp³-hybridized carbons (Fsp3) is 0.0400. The Balaban J connectivity index is 1.92. The maximum atomic E-state index is 3.62. The molecule has 0 N–H and O–H groups in total. The van der Waals surface area contributed by atoms with Gasteiger partial charge in [0.1, 0.15) is 0 Å². The molecule has 0 bridgehead atoms. The van der Waals surface area contributed by atoms with Gasteiger partial charge in [0.25, 0.3) is 0 Å². The van der Waals surface area contributed by atoms with Crippen LogP contribution in [0.1, 0.15) is 5.56 Å². The predicted octanol–water partition coefficient (Wildman–Crippen LogP) is 8.52. The van der Waals surface area contributed by atoms with Crippen LogP contribution in [-0.4, -0.2) is 0 Å². The van der Waals surface area contributed by atoms with E-state index in [-0.39, 0.29) is 0 Å². The van der Waals surface area contributed by atoms with Crippen LogP contribution >= 0.6 is 31.9 Å². The first-order valence-corrected chi connectivity index (χ1v) is 10.4. The van der Waals surface area contributed by atoms with E-state index in [4.69, 9.17) is 0 Å². The summed E-state index contributed by atoms with van der Waals surface area (Å²) in [5, 5.41) is 0. The largest absolute Gasteiger partial charge is 0.0622 e. The molecule has 0 aliphatic carbocycles. The standard InChI is InChI=1S/C25H18Br2/c1-17-7-9-18(10-8-17)20-11-12-24(21-13-22(26)16-23(27)14-21)25(15-20)19-5-3-2-4-6-19/h2-16H,1H3. The van der Waals surface area contributed by atoms with Gasteiger partial charge in [-0.25, -0.2) is 0 Å². The lowest BCUT2D eigenvalue weighted by molar-refractivity contribution is 1.47. The highest BCUT2D eigenvalue weighted by Gasteiger charge is 2.11. The number of benzene rings is 4. The predicted molar refractivity (Wildman–Crippen MR) is 123 cm³/mol. The minimum atomic E-state index is 1.06. The Labute approximate surface area is 177 Å².